The van der Waals surface area contributed by atoms with E-state index < -0.39 is 5.97 Å². The number of carboxylic acid groups (broad SMARTS) is 1. The van der Waals surface area contributed by atoms with E-state index in [-0.39, 0.29) is 23.1 Å². The van der Waals surface area contributed by atoms with Crippen LogP contribution >= 0.6 is 11.6 Å². The number of ether oxygens (including phenoxy) is 1. The van der Waals surface area contributed by atoms with Crippen LogP contribution < -0.4 is 10.1 Å². The van der Waals surface area contributed by atoms with E-state index in [0.717, 1.165) is 11.1 Å². The van der Waals surface area contributed by atoms with Gasteiger partial charge in [0.05, 0.1) is 10.6 Å². The van der Waals surface area contributed by atoms with Crippen molar-refractivity contribution >= 4 is 29.2 Å². The minimum atomic E-state index is -1.15. The second kappa shape index (κ2) is 7.15. The van der Waals surface area contributed by atoms with Gasteiger partial charge in [-0.15, -0.1) is 0 Å². The van der Waals surface area contributed by atoms with Gasteiger partial charge in [0.15, 0.2) is 6.61 Å². The molecule has 2 rings (SSSR count). The van der Waals surface area contributed by atoms with Crippen molar-refractivity contribution in [3.8, 4) is 5.75 Å². The number of rotatable bonds is 5. The molecule has 0 radical (unpaired) electrons. The molecule has 0 saturated heterocycles. The zero-order valence-electron chi connectivity index (χ0n) is 12.7. The summed E-state index contributed by atoms with van der Waals surface area (Å²) in [5.74, 6) is -0.908. The van der Waals surface area contributed by atoms with E-state index >= 15 is 0 Å². The molecule has 0 aliphatic carbocycles. The Morgan fingerprint density at radius 2 is 1.91 bits per heavy atom. The van der Waals surface area contributed by atoms with Crippen molar-refractivity contribution in [1.82, 2.24) is 0 Å². The summed E-state index contributed by atoms with van der Waals surface area (Å²) in [6.45, 7) is 3.71. The minimum Gasteiger partial charge on any atom is -0.483 e. The Bertz CT molecular complexity index is 758. The number of hydrogen-bond acceptors (Lipinski definition) is 3. The van der Waals surface area contributed by atoms with Gasteiger partial charge in [0, 0.05) is 5.69 Å². The topological polar surface area (TPSA) is 75.6 Å². The van der Waals surface area contributed by atoms with Crippen LogP contribution in [0.4, 0.5) is 5.69 Å². The molecule has 1 amide bonds. The summed E-state index contributed by atoms with van der Waals surface area (Å²) in [5.41, 5.74) is 2.33. The molecule has 120 valence electrons. The summed E-state index contributed by atoms with van der Waals surface area (Å²) in [5, 5.41) is 11.7. The average Bonchev–Trinajstić information content (AvgIpc) is 2.48. The van der Waals surface area contributed by atoms with Crippen LogP contribution in [0.3, 0.4) is 0 Å². The highest BCUT2D eigenvalue weighted by Gasteiger charge is 2.11. The molecule has 23 heavy (non-hydrogen) atoms. The van der Waals surface area contributed by atoms with Gasteiger partial charge >= 0.3 is 5.97 Å². The number of aromatic carboxylic acids is 1. The van der Waals surface area contributed by atoms with Crippen molar-refractivity contribution in [3.05, 3.63) is 58.1 Å². The smallest absolute Gasteiger partial charge is 0.337 e. The number of hydrogen-bond donors (Lipinski definition) is 2. The van der Waals surface area contributed by atoms with Crippen LogP contribution in [-0.4, -0.2) is 23.6 Å². The standard InChI is InChI=1S/C17H16ClNO4/c1-10-3-6-15(11(2)7-10)23-9-16(20)19-12-4-5-14(18)13(8-12)17(21)22/h3-8H,9H2,1-2H3,(H,19,20)(H,21,22). The van der Waals surface area contributed by atoms with Gasteiger partial charge in [-0.25, -0.2) is 4.79 Å². The number of nitrogens with one attached hydrogen (secondary N) is 1. The predicted molar refractivity (Wildman–Crippen MR) is 88.5 cm³/mol. The van der Waals surface area contributed by atoms with E-state index in [0.29, 0.717) is 11.4 Å². The lowest BCUT2D eigenvalue weighted by Crippen LogP contribution is -2.20. The molecular formula is C17H16ClNO4. The van der Waals surface area contributed by atoms with E-state index in [9.17, 15) is 9.59 Å². The Balaban J connectivity index is 2.00. The lowest BCUT2D eigenvalue weighted by atomic mass is 10.1. The summed E-state index contributed by atoms with van der Waals surface area (Å²) in [6.07, 6.45) is 0. The van der Waals surface area contributed by atoms with Crippen LogP contribution in [0, 0.1) is 13.8 Å². The fraction of sp³-hybridized carbons (Fsp3) is 0.176. The zero-order chi connectivity index (χ0) is 17.0. The number of amides is 1. The quantitative estimate of drug-likeness (QED) is 0.875. The average molecular weight is 334 g/mol. The molecule has 0 saturated carbocycles. The fourth-order valence-electron chi connectivity index (χ4n) is 2.07. The molecule has 2 aromatic carbocycles. The molecule has 6 heteroatoms. The van der Waals surface area contributed by atoms with E-state index in [1.165, 1.54) is 18.2 Å². The maximum absolute atomic E-state index is 11.9. The number of halogens is 1. The van der Waals surface area contributed by atoms with Gasteiger partial charge < -0.3 is 15.2 Å². The SMILES string of the molecule is Cc1ccc(OCC(=O)Nc2ccc(Cl)c(C(=O)O)c2)c(C)c1. The Hall–Kier alpha value is -2.53. The number of benzene rings is 2. The molecular weight excluding hydrogens is 318 g/mol. The molecule has 0 aromatic heterocycles. The zero-order valence-corrected chi connectivity index (χ0v) is 13.5. The third-order valence-electron chi connectivity index (χ3n) is 3.17. The third-order valence-corrected chi connectivity index (χ3v) is 3.50. The van der Waals surface area contributed by atoms with Gasteiger partial charge in [0.2, 0.25) is 0 Å². The number of anilines is 1. The molecule has 0 bridgehead atoms. The predicted octanol–water partition coefficient (Wildman–Crippen LogP) is 3.67. The Kier molecular flexibility index (Phi) is 5.24. The first-order valence-electron chi connectivity index (χ1n) is 6.89. The highest BCUT2D eigenvalue weighted by Crippen LogP contribution is 2.21. The summed E-state index contributed by atoms with van der Waals surface area (Å²) in [6, 6.07) is 9.93. The van der Waals surface area contributed by atoms with Crippen LogP contribution in [0.25, 0.3) is 0 Å². The van der Waals surface area contributed by atoms with Crippen molar-refractivity contribution in [2.24, 2.45) is 0 Å². The second-order valence-corrected chi connectivity index (χ2v) is 5.51. The van der Waals surface area contributed by atoms with Crippen LogP contribution in [0.5, 0.6) is 5.75 Å². The normalized spacial score (nSPS) is 10.2. The van der Waals surface area contributed by atoms with Gasteiger partial charge in [-0.1, -0.05) is 29.3 Å². The molecule has 0 unspecified atom stereocenters. The summed E-state index contributed by atoms with van der Waals surface area (Å²) in [4.78, 5) is 22.9. The fourth-order valence-corrected chi connectivity index (χ4v) is 2.27. The van der Waals surface area contributed by atoms with Gasteiger partial charge in [0.1, 0.15) is 5.75 Å². The first kappa shape index (κ1) is 16.8. The molecule has 0 aliphatic rings. The van der Waals surface area contributed by atoms with E-state index in [1.807, 2.05) is 32.0 Å². The van der Waals surface area contributed by atoms with Crippen LogP contribution in [0.1, 0.15) is 21.5 Å². The summed E-state index contributed by atoms with van der Waals surface area (Å²) in [7, 11) is 0. The Labute approximate surface area is 138 Å². The van der Waals surface area contributed by atoms with Crippen molar-refractivity contribution in [3.63, 3.8) is 0 Å². The van der Waals surface area contributed by atoms with E-state index in [4.69, 9.17) is 21.4 Å². The van der Waals surface area contributed by atoms with Crippen molar-refractivity contribution in [2.75, 3.05) is 11.9 Å². The van der Waals surface area contributed by atoms with Crippen molar-refractivity contribution < 1.29 is 19.4 Å². The van der Waals surface area contributed by atoms with Gasteiger partial charge in [0.25, 0.3) is 5.91 Å². The van der Waals surface area contributed by atoms with Crippen LogP contribution in [-0.2, 0) is 4.79 Å². The highest BCUT2D eigenvalue weighted by molar-refractivity contribution is 6.33. The van der Waals surface area contributed by atoms with Crippen molar-refractivity contribution in [2.45, 2.75) is 13.8 Å². The maximum Gasteiger partial charge on any atom is 0.337 e. The number of carbonyl (C=O) groups is 2. The largest absolute Gasteiger partial charge is 0.483 e. The maximum atomic E-state index is 11.9. The first-order chi connectivity index (χ1) is 10.9. The Morgan fingerprint density at radius 1 is 1.17 bits per heavy atom. The molecule has 0 heterocycles. The van der Waals surface area contributed by atoms with Gasteiger partial charge in [-0.3, -0.25) is 4.79 Å². The van der Waals surface area contributed by atoms with Crippen LogP contribution in [0.15, 0.2) is 36.4 Å². The van der Waals surface area contributed by atoms with Crippen LogP contribution in [0.2, 0.25) is 5.02 Å². The molecule has 5 nitrogen and oxygen atoms in total. The number of carboxylic acids is 1. The molecule has 0 spiro atoms. The lowest BCUT2D eigenvalue weighted by molar-refractivity contribution is -0.118. The Morgan fingerprint density at radius 3 is 2.57 bits per heavy atom. The molecule has 0 atom stereocenters. The molecule has 2 aromatic rings. The summed E-state index contributed by atoms with van der Waals surface area (Å²) >= 11 is 5.78. The van der Waals surface area contributed by atoms with E-state index in [2.05, 4.69) is 5.32 Å². The third kappa shape index (κ3) is 4.47. The molecule has 0 fully saturated rings. The molecule has 0 aliphatic heterocycles. The first-order valence-corrected chi connectivity index (χ1v) is 7.27. The number of carbonyl (C=O) groups excluding carboxylic acids is 1. The summed E-state index contributed by atoms with van der Waals surface area (Å²) < 4.78 is 5.47. The van der Waals surface area contributed by atoms with Crippen molar-refractivity contribution in [1.29, 1.82) is 0 Å². The van der Waals surface area contributed by atoms with Gasteiger partial charge in [-0.05, 0) is 43.7 Å². The monoisotopic (exact) mass is 333 g/mol. The lowest BCUT2D eigenvalue weighted by Gasteiger charge is -2.10. The van der Waals surface area contributed by atoms with Gasteiger partial charge in [-0.2, -0.15) is 0 Å². The van der Waals surface area contributed by atoms with E-state index in [1.54, 1.807) is 0 Å². The number of aryl methyl sites for hydroxylation is 2. The minimum absolute atomic E-state index is 0.0697. The highest BCUT2D eigenvalue weighted by atomic mass is 35.5. The second-order valence-electron chi connectivity index (χ2n) is 5.11. The molecule has 2 N–H and O–H groups in total.